The summed E-state index contributed by atoms with van der Waals surface area (Å²) in [5, 5.41) is 6.11. The number of aromatic nitrogens is 1. The van der Waals surface area contributed by atoms with E-state index < -0.39 is 5.82 Å². The highest BCUT2D eigenvalue weighted by Crippen LogP contribution is 2.28. The maximum absolute atomic E-state index is 13.8. The SMILES string of the molecule is COc1ccc(C(C)NC(=O)c2ccc(NCC3CC3)nc2)cc1F. The molecule has 1 aromatic carbocycles. The van der Waals surface area contributed by atoms with Crippen LogP contribution in [0.15, 0.2) is 36.5 Å². The van der Waals surface area contributed by atoms with Gasteiger partial charge in [-0.2, -0.15) is 0 Å². The number of methoxy groups -OCH3 is 1. The Bertz CT molecular complexity index is 745. The summed E-state index contributed by atoms with van der Waals surface area (Å²) in [6, 6.07) is 7.85. The number of carbonyl (C=O) groups excluding carboxylic acids is 1. The number of hydrogen-bond donors (Lipinski definition) is 2. The minimum Gasteiger partial charge on any atom is -0.494 e. The molecule has 1 aliphatic rings. The van der Waals surface area contributed by atoms with Crippen LogP contribution in [0.5, 0.6) is 5.75 Å². The average molecular weight is 343 g/mol. The zero-order valence-corrected chi connectivity index (χ0v) is 14.4. The third kappa shape index (κ3) is 4.47. The molecule has 0 radical (unpaired) electrons. The minimum atomic E-state index is -0.450. The molecule has 2 aromatic rings. The second kappa shape index (κ2) is 7.51. The number of benzene rings is 1. The molecule has 1 unspecified atom stereocenters. The molecule has 5 nitrogen and oxygen atoms in total. The summed E-state index contributed by atoms with van der Waals surface area (Å²) < 4.78 is 18.7. The topological polar surface area (TPSA) is 63.2 Å². The lowest BCUT2D eigenvalue weighted by Crippen LogP contribution is -2.26. The number of carbonyl (C=O) groups is 1. The van der Waals surface area contributed by atoms with Gasteiger partial charge in [0.05, 0.1) is 18.7 Å². The fourth-order valence-corrected chi connectivity index (χ4v) is 2.52. The Morgan fingerprint density at radius 3 is 2.76 bits per heavy atom. The molecule has 1 heterocycles. The Morgan fingerprint density at radius 1 is 1.36 bits per heavy atom. The maximum atomic E-state index is 13.8. The fraction of sp³-hybridized carbons (Fsp3) is 0.368. The van der Waals surface area contributed by atoms with Crippen molar-refractivity contribution in [3.05, 3.63) is 53.5 Å². The first-order valence-corrected chi connectivity index (χ1v) is 8.41. The second-order valence-corrected chi connectivity index (χ2v) is 6.35. The van der Waals surface area contributed by atoms with Crippen LogP contribution in [-0.2, 0) is 0 Å². The summed E-state index contributed by atoms with van der Waals surface area (Å²) in [6.07, 6.45) is 4.10. The fourth-order valence-electron chi connectivity index (χ4n) is 2.52. The number of nitrogens with one attached hydrogen (secondary N) is 2. The Hall–Kier alpha value is -2.63. The summed E-state index contributed by atoms with van der Waals surface area (Å²) >= 11 is 0. The highest BCUT2D eigenvalue weighted by molar-refractivity contribution is 5.94. The number of pyridine rings is 1. The molecule has 0 spiro atoms. The first-order chi connectivity index (χ1) is 12.1. The van der Waals surface area contributed by atoms with E-state index >= 15 is 0 Å². The molecule has 0 saturated heterocycles. The number of nitrogens with zero attached hydrogens (tertiary/aromatic N) is 1. The van der Waals surface area contributed by atoms with Crippen molar-refractivity contribution in [1.29, 1.82) is 0 Å². The van der Waals surface area contributed by atoms with Gasteiger partial charge in [0.15, 0.2) is 11.6 Å². The zero-order valence-electron chi connectivity index (χ0n) is 14.4. The van der Waals surface area contributed by atoms with Crippen LogP contribution < -0.4 is 15.4 Å². The molecule has 3 rings (SSSR count). The third-order valence-corrected chi connectivity index (χ3v) is 4.32. The first kappa shape index (κ1) is 17.2. The summed E-state index contributed by atoms with van der Waals surface area (Å²) in [6.45, 7) is 2.73. The molecule has 6 heteroatoms. The second-order valence-electron chi connectivity index (χ2n) is 6.35. The van der Waals surface area contributed by atoms with Gasteiger partial charge in [-0.05, 0) is 55.5 Å². The molecule has 1 amide bonds. The van der Waals surface area contributed by atoms with Crippen molar-refractivity contribution in [2.75, 3.05) is 19.0 Å². The van der Waals surface area contributed by atoms with Crippen molar-refractivity contribution >= 4 is 11.7 Å². The molecule has 25 heavy (non-hydrogen) atoms. The molecule has 0 aliphatic heterocycles. The molecular weight excluding hydrogens is 321 g/mol. The highest BCUT2D eigenvalue weighted by Gasteiger charge is 2.20. The summed E-state index contributed by atoms with van der Waals surface area (Å²) in [4.78, 5) is 16.6. The predicted octanol–water partition coefficient (Wildman–Crippen LogP) is 3.54. The van der Waals surface area contributed by atoms with E-state index in [4.69, 9.17) is 4.74 Å². The van der Waals surface area contributed by atoms with Gasteiger partial charge in [0.1, 0.15) is 5.82 Å². The normalized spacial score (nSPS) is 14.7. The van der Waals surface area contributed by atoms with Gasteiger partial charge in [0.2, 0.25) is 0 Å². The Labute approximate surface area is 146 Å². The quantitative estimate of drug-likeness (QED) is 0.807. The van der Waals surface area contributed by atoms with Gasteiger partial charge >= 0.3 is 0 Å². The average Bonchev–Trinajstić information content (AvgIpc) is 3.44. The van der Waals surface area contributed by atoms with E-state index in [9.17, 15) is 9.18 Å². The molecule has 2 N–H and O–H groups in total. The van der Waals surface area contributed by atoms with Crippen molar-refractivity contribution < 1.29 is 13.9 Å². The number of halogens is 1. The van der Waals surface area contributed by atoms with E-state index in [2.05, 4.69) is 15.6 Å². The van der Waals surface area contributed by atoms with Gasteiger partial charge in [-0.25, -0.2) is 9.37 Å². The lowest BCUT2D eigenvalue weighted by Gasteiger charge is -2.15. The number of rotatable bonds is 7. The van der Waals surface area contributed by atoms with Crippen LogP contribution in [0.25, 0.3) is 0 Å². The Balaban J connectivity index is 1.59. The summed E-state index contributed by atoms with van der Waals surface area (Å²) in [7, 11) is 1.42. The highest BCUT2D eigenvalue weighted by atomic mass is 19.1. The zero-order chi connectivity index (χ0) is 17.8. The van der Waals surface area contributed by atoms with Crippen molar-refractivity contribution in [2.45, 2.75) is 25.8 Å². The molecule has 1 aromatic heterocycles. The first-order valence-electron chi connectivity index (χ1n) is 8.41. The van der Waals surface area contributed by atoms with Gasteiger partial charge in [-0.1, -0.05) is 6.07 Å². The molecule has 1 aliphatic carbocycles. The number of amides is 1. The molecule has 0 bridgehead atoms. The maximum Gasteiger partial charge on any atom is 0.253 e. The Kier molecular flexibility index (Phi) is 5.16. The third-order valence-electron chi connectivity index (χ3n) is 4.32. The van der Waals surface area contributed by atoms with E-state index in [0.717, 1.165) is 18.3 Å². The van der Waals surface area contributed by atoms with Crippen LogP contribution in [0, 0.1) is 11.7 Å². The van der Waals surface area contributed by atoms with E-state index in [-0.39, 0.29) is 17.7 Å². The number of hydrogen-bond acceptors (Lipinski definition) is 4. The Morgan fingerprint density at radius 2 is 2.16 bits per heavy atom. The van der Waals surface area contributed by atoms with E-state index in [1.807, 2.05) is 0 Å². The van der Waals surface area contributed by atoms with Gasteiger partial charge < -0.3 is 15.4 Å². The van der Waals surface area contributed by atoms with Gasteiger partial charge in [0, 0.05) is 12.7 Å². The minimum absolute atomic E-state index is 0.181. The van der Waals surface area contributed by atoms with Crippen molar-refractivity contribution in [2.24, 2.45) is 5.92 Å². The standard InChI is InChI=1S/C19H22FN3O2/c1-12(14-5-7-17(25-2)16(20)9-14)23-19(24)15-6-8-18(22-11-15)21-10-13-3-4-13/h5-9,11-13H,3-4,10H2,1-2H3,(H,21,22)(H,23,24). The monoisotopic (exact) mass is 343 g/mol. The van der Waals surface area contributed by atoms with Crippen molar-refractivity contribution in [3.8, 4) is 5.75 Å². The van der Waals surface area contributed by atoms with Gasteiger partial charge in [-0.15, -0.1) is 0 Å². The lowest BCUT2D eigenvalue weighted by atomic mass is 10.1. The van der Waals surface area contributed by atoms with Crippen LogP contribution in [0.4, 0.5) is 10.2 Å². The van der Waals surface area contributed by atoms with E-state index in [1.165, 1.54) is 26.0 Å². The van der Waals surface area contributed by atoms with Gasteiger partial charge in [0.25, 0.3) is 5.91 Å². The molecule has 1 atom stereocenters. The molecular formula is C19H22FN3O2. The van der Waals surface area contributed by atoms with Crippen molar-refractivity contribution in [1.82, 2.24) is 10.3 Å². The lowest BCUT2D eigenvalue weighted by molar-refractivity contribution is 0.0939. The number of ether oxygens (including phenoxy) is 1. The predicted molar refractivity (Wildman–Crippen MR) is 94.3 cm³/mol. The van der Waals surface area contributed by atoms with Crippen LogP contribution >= 0.6 is 0 Å². The van der Waals surface area contributed by atoms with Gasteiger partial charge in [-0.3, -0.25) is 4.79 Å². The van der Waals surface area contributed by atoms with Crippen LogP contribution in [0.1, 0.15) is 41.7 Å². The summed E-state index contributed by atoms with van der Waals surface area (Å²) in [5.41, 5.74) is 1.14. The van der Waals surface area contributed by atoms with Crippen LogP contribution in [0.3, 0.4) is 0 Å². The largest absolute Gasteiger partial charge is 0.494 e. The van der Waals surface area contributed by atoms with Crippen LogP contribution in [0.2, 0.25) is 0 Å². The van der Waals surface area contributed by atoms with Crippen LogP contribution in [-0.4, -0.2) is 24.5 Å². The van der Waals surface area contributed by atoms with E-state index in [1.54, 1.807) is 37.4 Å². The van der Waals surface area contributed by atoms with Crippen molar-refractivity contribution in [3.63, 3.8) is 0 Å². The molecule has 1 fully saturated rings. The summed E-state index contributed by atoms with van der Waals surface area (Å²) in [5.74, 6) is 1.02. The molecule has 1 saturated carbocycles. The van der Waals surface area contributed by atoms with E-state index in [0.29, 0.717) is 11.1 Å². The smallest absolute Gasteiger partial charge is 0.253 e. The molecule has 132 valence electrons. The number of anilines is 1.